The van der Waals surface area contributed by atoms with Gasteiger partial charge >= 0.3 is 0 Å². The van der Waals surface area contributed by atoms with Crippen molar-refractivity contribution in [1.29, 1.82) is 0 Å². The molecule has 2 rings (SSSR count). The summed E-state index contributed by atoms with van der Waals surface area (Å²) in [5.41, 5.74) is 2.39. The maximum absolute atomic E-state index is 13.3. The number of hydrogen-bond acceptors (Lipinski definition) is 4. The summed E-state index contributed by atoms with van der Waals surface area (Å²) in [5.74, 6) is 0. The molecule has 6 nitrogen and oxygen atoms in total. The molecule has 0 saturated carbocycles. The minimum atomic E-state index is -3.87. The van der Waals surface area contributed by atoms with Crippen molar-refractivity contribution in [1.82, 2.24) is 8.61 Å². The predicted molar refractivity (Wildman–Crippen MR) is 129 cm³/mol. The second kappa shape index (κ2) is 10.9. The molecule has 8 heteroatoms. The van der Waals surface area contributed by atoms with E-state index in [0.717, 1.165) is 11.1 Å². The molecule has 2 aromatic carbocycles. The first-order chi connectivity index (χ1) is 15.0. The van der Waals surface area contributed by atoms with Gasteiger partial charge < -0.3 is 0 Å². The van der Waals surface area contributed by atoms with Crippen LogP contribution in [0.5, 0.6) is 0 Å². The second-order valence-corrected chi connectivity index (χ2v) is 11.4. The van der Waals surface area contributed by atoms with Crippen LogP contribution in [0.15, 0.2) is 95.8 Å². The van der Waals surface area contributed by atoms with E-state index < -0.39 is 20.0 Å². The third kappa shape index (κ3) is 6.26. The minimum Gasteiger partial charge on any atom is -0.207 e. The molecule has 2 aromatic rings. The van der Waals surface area contributed by atoms with Crippen LogP contribution in [0, 0.1) is 13.8 Å². The predicted octanol–water partition coefficient (Wildman–Crippen LogP) is 3.91. The third-order valence-corrected chi connectivity index (χ3v) is 8.66. The van der Waals surface area contributed by atoms with Crippen LogP contribution in [0.4, 0.5) is 0 Å². The first-order valence-corrected chi connectivity index (χ1v) is 12.9. The van der Waals surface area contributed by atoms with Crippen LogP contribution in [0.3, 0.4) is 0 Å². The lowest BCUT2D eigenvalue weighted by molar-refractivity contribution is 0.372. The van der Waals surface area contributed by atoms with Gasteiger partial charge in [0.15, 0.2) is 0 Å². The highest BCUT2D eigenvalue weighted by Crippen LogP contribution is 2.20. The topological polar surface area (TPSA) is 74.8 Å². The lowest BCUT2D eigenvalue weighted by Gasteiger charge is -2.27. The highest BCUT2D eigenvalue weighted by Gasteiger charge is 2.28. The summed E-state index contributed by atoms with van der Waals surface area (Å²) in [6, 6.07) is 13.1. The Hall–Kier alpha value is -2.52. The Kier molecular flexibility index (Phi) is 8.74. The molecule has 172 valence electrons. The largest absolute Gasteiger partial charge is 0.243 e. The summed E-state index contributed by atoms with van der Waals surface area (Å²) in [5, 5.41) is 0. The molecule has 0 heterocycles. The van der Waals surface area contributed by atoms with Crippen LogP contribution in [-0.2, 0) is 20.0 Å². The van der Waals surface area contributed by atoms with Crippen molar-refractivity contribution < 1.29 is 16.8 Å². The molecule has 0 aliphatic carbocycles. The number of rotatable bonds is 12. The van der Waals surface area contributed by atoms with Gasteiger partial charge in [0.05, 0.1) is 9.79 Å². The lowest BCUT2D eigenvalue weighted by Crippen LogP contribution is -2.41. The number of hydrogen-bond donors (Lipinski definition) is 0. The van der Waals surface area contributed by atoms with Gasteiger partial charge in [0.1, 0.15) is 0 Å². The first kappa shape index (κ1) is 25.7. The van der Waals surface area contributed by atoms with Crippen LogP contribution in [0.25, 0.3) is 0 Å². The fourth-order valence-corrected chi connectivity index (χ4v) is 5.81. The summed E-state index contributed by atoms with van der Waals surface area (Å²) >= 11 is 0. The molecule has 0 aromatic heterocycles. The summed E-state index contributed by atoms with van der Waals surface area (Å²) < 4.78 is 55.3. The number of nitrogens with zero attached hydrogens (tertiary/aromatic N) is 2. The van der Waals surface area contributed by atoms with E-state index in [1.54, 1.807) is 48.5 Å². The van der Waals surface area contributed by atoms with E-state index in [1.165, 1.54) is 20.8 Å². The number of sulfonamides is 2. The molecule has 0 N–H and O–H groups in total. The van der Waals surface area contributed by atoms with Gasteiger partial charge in [0.25, 0.3) is 0 Å². The average Bonchev–Trinajstić information content (AvgIpc) is 2.75. The Labute approximate surface area is 192 Å². The van der Waals surface area contributed by atoms with Gasteiger partial charge in [-0.05, 0) is 43.7 Å². The van der Waals surface area contributed by atoms with Crippen molar-refractivity contribution in [3.8, 4) is 0 Å². The molecule has 0 aliphatic rings. The van der Waals surface area contributed by atoms with Crippen LogP contribution < -0.4 is 0 Å². The van der Waals surface area contributed by atoms with Gasteiger partial charge in [-0.15, -0.1) is 6.58 Å². The zero-order valence-corrected chi connectivity index (χ0v) is 20.2. The van der Waals surface area contributed by atoms with Crippen LogP contribution in [-0.4, -0.2) is 51.6 Å². The quantitative estimate of drug-likeness (QED) is 0.345. The Balaban J connectivity index is 2.35. The molecule has 0 radical (unpaired) electrons. The van der Waals surface area contributed by atoms with Gasteiger partial charge in [-0.3, -0.25) is 0 Å². The Bertz CT molecular complexity index is 1170. The van der Waals surface area contributed by atoms with Gasteiger partial charge in [0, 0.05) is 26.2 Å². The van der Waals surface area contributed by atoms with Crippen LogP contribution in [0.2, 0.25) is 0 Å². The third-order valence-electron chi connectivity index (χ3n) is 4.92. The van der Waals surface area contributed by atoms with Crippen molar-refractivity contribution in [2.24, 2.45) is 0 Å². The van der Waals surface area contributed by atoms with Crippen molar-refractivity contribution in [3.05, 3.63) is 97.1 Å². The molecule has 0 atom stereocenters. The fourth-order valence-electron chi connectivity index (χ4n) is 2.97. The van der Waals surface area contributed by atoms with E-state index >= 15 is 0 Å². The summed E-state index contributed by atoms with van der Waals surface area (Å²) in [6.07, 6.45) is 2.97. The Morgan fingerprint density at radius 3 is 1.59 bits per heavy atom. The molecule has 0 spiro atoms. The minimum absolute atomic E-state index is 0.00617. The van der Waals surface area contributed by atoms with Gasteiger partial charge in [-0.25, -0.2) is 16.8 Å². The van der Waals surface area contributed by atoms with E-state index in [-0.39, 0.29) is 36.0 Å². The first-order valence-electron chi connectivity index (χ1n) is 10.1. The summed E-state index contributed by atoms with van der Waals surface area (Å²) in [4.78, 5) is 0.282. The zero-order valence-electron chi connectivity index (χ0n) is 18.6. The number of aryl methyl sites for hydroxylation is 2. The smallest absolute Gasteiger partial charge is 0.207 e. The van der Waals surface area contributed by atoms with Gasteiger partial charge in [0.2, 0.25) is 20.0 Å². The van der Waals surface area contributed by atoms with Crippen molar-refractivity contribution in [3.63, 3.8) is 0 Å². The molecule has 0 fully saturated rings. The van der Waals surface area contributed by atoms with Gasteiger partial charge in [-0.2, -0.15) is 8.61 Å². The SMILES string of the molecule is C=CCN(CCN(CC(=C)C=C)S(=O)(=O)c1ccc(C)cc1)S(=O)(=O)c1ccc(C)cc1. The van der Waals surface area contributed by atoms with E-state index in [1.807, 2.05) is 13.8 Å². The average molecular weight is 475 g/mol. The molecule has 0 aliphatic heterocycles. The zero-order chi connectivity index (χ0) is 23.9. The number of benzene rings is 2. The van der Waals surface area contributed by atoms with E-state index in [4.69, 9.17) is 0 Å². The molecule has 0 amide bonds. The maximum atomic E-state index is 13.3. The van der Waals surface area contributed by atoms with E-state index in [0.29, 0.717) is 5.57 Å². The second-order valence-electron chi connectivity index (χ2n) is 7.48. The normalized spacial score (nSPS) is 12.1. The van der Waals surface area contributed by atoms with Crippen LogP contribution in [0.1, 0.15) is 11.1 Å². The standard InChI is InChI=1S/C24H30N2O4S2/c1-6-16-25(31(27,28)23-12-8-21(4)9-13-23)17-18-26(19-20(3)7-2)32(29,30)24-14-10-22(5)11-15-24/h6-15H,1-3,16-19H2,4-5H3. The summed E-state index contributed by atoms with van der Waals surface area (Å²) in [7, 11) is -7.70. The summed E-state index contributed by atoms with van der Waals surface area (Å²) in [6.45, 7) is 14.8. The molecule has 0 bridgehead atoms. The molecule has 0 unspecified atom stereocenters. The molecule has 32 heavy (non-hydrogen) atoms. The Morgan fingerprint density at radius 2 is 1.19 bits per heavy atom. The fraction of sp³-hybridized carbons (Fsp3) is 0.250. The molecule has 0 saturated heterocycles. The van der Waals surface area contributed by atoms with Gasteiger partial charge in [-0.1, -0.05) is 60.7 Å². The van der Waals surface area contributed by atoms with Crippen LogP contribution >= 0.6 is 0 Å². The monoisotopic (exact) mass is 474 g/mol. The lowest BCUT2D eigenvalue weighted by atomic mass is 10.2. The highest BCUT2D eigenvalue weighted by molar-refractivity contribution is 7.89. The highest BCUT2D eigenvalue weighted by atomic mass is 32.2. The van der Waals surface area contributed by atoms with Crippen molar-refractivity contribution >= 4 is 20.0 Å². The van der Waals surface area contributed by atoms with E-state index in [9.17, 15) is 16.8 Å². The van der Waals surface area contributed by atoms with Crippen molar-refractivity contribution in [2.45, 2.75) is 23.6 Å². The Morgan fingerprint density at radius 1 is 0.781 bits per heavy atom. The maximum Gasteiger partial charge on any atom is 0.243 e. The molecular weight excluding hydrogens is 444 g/mol. The van der Waals surface area contributed by atoms with E-state index in [2.05, 4.69) is 19.7 Å². The van der Waals surface area contributed by atoms with Crippen molar-refractivity contribution in [2.75, 3.05) is 26.2 Å². The molecular formula is C24H30N2O4S2.